The molecule has 0 aliphatic rings. The Morgan fingerprint density at radius 1 is 1.43 bits per heavy atom. The molecule has 0 fully saturated rings. The number of carbonyl (C=O) groups excluding carboxylic acids is 1. The van der Waals surface area contributed by atoms with E-state index in [-0.39, 0.29) is 17.0 Å². The summed E-state index contributed by atoms with van der Waals surface area (Å²) in [6, 6.07) is 3.82. The van der Waals surface area contributed by atoms with Crippen LogP contribution in [0.15, 0.2) is 22.6 Å². The molecule has 0 saturated heterocycles. The maximum absolute atomic E-state index is 12.3. The van der Waals surface area contributed by atoms with E-state index in [0.29, 0.717) is 11.9 Å². The van der Waals surface area contributed by atoms with Crippen molar-refractivity contribution < 1.29 is 18.0 Å². The van der Waals surface area contributed by atoms with Crippen molar-refractivity contribution in [3.8, 4) is 0 Å². The van der Waals surface area contributed by atoms with E-state index in [4.69, 9.17) is 4.42 Å². The standard InChI is InChI=1S/C9H5F2NO2/c10-9(11)5-1-2-7-6(3-5)12-8(4-13)14-7/h1-4,9H. The van der Waals surface area contributed by atoms with Crippen LogP contribution in [0, 0.1) is 0 Å². The molecule has 14 heavy (non-hydrogen) atoms. The maximum Gasteiger partial charge on any atom is 0.263 e. The van der Waals surface area contributed by atoms with Gasteiger partial charge in [0.2, 0.25) is 6.29 Å². The molecule has 1 aromatic carbocycles. The highest BCUT2D eigenvalue weighted by Gasteiger charge is 2.10. The van der Waals surface area contributed by atoms with Gasteiger partial charge < -0.3 is 4.42 Å². The van der Waals surface area contributed by atoms with Crippen molar-refractivity contribution in [3.63, 3.8) is 0 Å². The van der Waals surface area contributed by atoms with E-state index in [1.54, 1.807) is 0 Å². The molecule has 2 aromatic rings. The third-order valence-electron chi connectivity index (χ3n) is 1.78. The Hall–Kier alpha value is -1.78. The highest BCUT2D eigenvalue weighted by atomic mass is 19.3. The molecule has 72 valence electrons. The van der Waals surface area contributed by atoms with Crippen LogP contribution in [0.2, 0.25) is 0 Å². The first kappa shape index (κ1) is 8.80. The molecular weight excluding hydrogens is 192 g/mol. The van der Waals surface area contributed by atoms with Gasteiger partial charge in [-0.2, -0.15) is 0 Å². The lowest BCUT2D eigenvalue weighted by Crippen LogP contribution is -1.82. The number of carbonyl (C=O) groups is 1. The molecule has 5 heteroatoms. The van der Waals surface area contributed by atoms with E-state index in [2.05, 4.69) is 4.98 Å². The molecule has 0 atom stereocenters. The van der Waals surface area contributed by atoms with Gasteiger partial charge in [0.15, 0.2) is 5.58 Å². The summed E-state index contributed by atoms with van der Waals surface area (Å²) < 4.78 is 29.4. The largest absolute Gasteiger partial charge is 0.434 e. The second-order valence-corrected chi connectivity index (χ2v) is 2.70. The summed E-state index contributed by atoms with van der Waals surface area (Å²) in [6.07, 6.45) is -2.11. The van der Waals surface area contributed by atoms with Crippen LogP contribution in [0.5, 0.6) is 0 Å². The SMILES string of the molecule is O=Cc1nc2cc(C(F)F)ccc2o1. The Labute approximate surface area is 77.3 Å². The van der Waals surface area contributed by atoms with E-state index in [1.807, 2.05) is 0 Å². The molecule has 0 saturated carbocycles. The Kier molecular flexibility index (Phi) is 1.99. The van der Waals surface area contributed by atoms with Crippen LogP contribution in [-0.2, 0) is 0 Å². The second kappa shape index (κ2) is 3.17. The Bertz CT molecular complexity index is 479. The zero-order valence-corrected chi connectivity index (χ0v) is 6.91. The first-order chi connectivity index (χ1) is 6.70. The summed E-state index contributed by atoms with van der Waals surface area (Å²) in [5.41, 5.74) is 0.463. The van der Waals surface area contributed by atoms with Crippen molar-refractivity contribution >= 4 is 17.4 Å². The van der Waals surface area contributed by atoms with Crippen LogP contribution >= 0.6 is 0 Å². The van der Waals surface area contributed by atoms with Gasteiger partial charge >= 0.3 is 0 Å². The van der Waals surface area contributed by atoms with Gasteiger partial charge in [0.05, 0.1) is 0 Å². The number of aldehydes is 1. The summed E-state index contributed by atoms with van der Waals surface area (Å²) in [5.74, 6) is -0.105. The molecule has 0 unspecified atom stereocenters. The van der Waals surface area contributed by atoms with Gasteiger partial charge in [0.1, 0.15) is 5.52 Å². The fraction of sp³-hybridized carbons (Fsp3) is 0.111. The fourth-order valence-corrected chi connectivity index (χ4v) is 1.15. The van der Waals surface area contributed by atoms with Crippen LogP contribution in [-0.4, -0.2) is 11.3 Å². The number of rotatable bonds is 2. The van der Waals surface area contributed by atoms with Gasteiger partial charge in [-0.15, -0.1) is 0 Å². The van der Waals surface area contributed by atoms with Gasteiger partial charge in [-0.25, -0.2) is 13.8 Å². The molecule has 0 aliphatic carbocycles. The molecule has 1 heterocycles. The Balaban J connectivity index is 2.59. The third-order valence-corrected chi connectivity index (χ3v) is 1.78. The lowest BCUT2D eigenvalue weighted by atomic mass is 10.2. The van der Waals surface area contributed by atoms with E-state index in [1.165, 1.54) is 18.2 Å². The summed E-state index contributed by atoms with van der Waals surface area (Å²) in [4.78, 5) is 14.0. The number of halogens is 2. The summed E-state index contributed by atoms with van der Waals surface area (Å²) in [7, 11) is 0. The van der Waals surface area contributed by atoms with E-state index < -0.39 is 6.43 Å². The Morgan fingerprint density at radius 2 is 2.21 bits per heavy atom. The van der Waals surface area contributed by atoms with Crippen LogP contribution in [0.4, 0.5) is 8.78 Å². The second-order valence-electron chi connectivity index (χ2n) is 2.70. The van der Waals surface area contributed by atoms with Gasteiger partial charge in [-0.05, 0) is 18.2 Å². The number of nitrogens with zero attached hydrogens (tertiary/aromatic N) is 1. The smallest absolute Gasteiger partial charge is 0.263 e. The first-order valence-electron chi connectivity index (χ1n) is 3.84. The number of aromatic nitrogens is 1. The van der Waals surface area contributed by atoms with Crippen LogP contribution < -0.4 is 0 Å². The quantitative estimate of drug-likeness (QED) is 0.695. The Morgan fingerprint density at radius 3 is 2.86 bits per heavy atom. The average molecular weight is 197 g/mol. The molecule has 0 radical (unpaired) electrons. The molecule has 0 amide bonds. The van der Waals surface area contributed by atoms with Gasteiger partial charge in [0, 0.05) is 5.56 Å². The normalized spacial score (nSPS) is 11.1. The van der Waals surface area contributed by atoms with Crippen LogP contribution in [0.3, 0.4) is 0 Å². The van der Waals surface area contributed by atoms with Crippen LogP contribution in [0.25, 0.3) is 11.1 Å². The van der Waals surface area contributed by atoms with Crippen molar-refractivity contribution in [1.29, 1.82) is 0 Å². The molecule has 0 spiro atoms. The van der Waals surface area contributed by atoms with Crippen molar-refractivity contribution in [1.82, 2.24) is 4.98 Å². The molecule has 0 aliphatic heterocycles. The zero-order valence-electron chi connectivity index (χ0n) is 6.91. The molecule has 3 nitrogen and oxygen atoms in total. The van der Waals surface area contributed by atoms with E-state index in [9.17, 15) is 13.6 Å². The van der Waals surface area contributed by atoms with Crippen molar-refractivity contribution in [3.05, 3.63) is 29.7 Å². The van der Waals surface area contributed by atoms with Gasteiger partial charge in [0.25, 0.3) is 12.3 Å². The molecule has 1 aromatic heterocycles. The van der Waals surface area contributed by atoms with Crippen molar-refractivity contribution in [2.24, 2.45) is 0 Å². The number of hydrogen-bond donors (Lipinski definition) is 0. The minimum Gasteiger partial charge on any atom is -0.434 e. The predicted molar refractivity (Wildman–Crippen MR) is 44.4 cm³/mol. The molecule has 0 bridgehead atoms. The predicted octanol–water partition coefficient (Wildman–Crippen LogP) is 2.58. The highest BCUT2D eigenvalue weighted by Crippen LogP contribution is 2.23. The van der Waals surface area contributed by atoms with Gasteiger partial charge in [-0.3, -0.25) is 4.79 Å². The summed E-state index contributed by atoms with van der Waals surface area (Å²) in [6.45, 7) is 0. The summed E-state index contributed by atoms with van der Waals surface area (Å²) >= 11 is 0. The highest BCUT2D eigenvalue weighted by molar-refractivity contribution is 5.79. The van der Waals surface area contributed by atoms with E-state index >= 15 is 0 Å². The first-order valence-corrected chi connectivity index (χ1v) is 3.84. The average Bonchev–Trinajstić information content (AvgIpc) is 2.58. The minimum absolute atomic E-state index is 0.105. The molecular formula is C9H5F2NO2. The number of oxazole rings is 1. The lowest BCUT2D eigenvalue weighted by Gasteiger charge is -1.96. The van der Waals surface area contributed by atoms with E-state index in [0.717, 1.165) is 0 Å². The monoisotopic (exact) mass is 197 g/mol. The summed E-state index contributed by atoms with van der Waals surface area (Å²) in [5, 5.41) is 0. The molecule has 2 rings (SSSR count). The topological polar surface area (TPSA) is 43.1 Å². The number of alkyl halides is 2. The number of benzene rings is 1. The maximum atomic E-state index is 12.3. The number of fused-ring (bicyclic) bond motifs is 1. The third kappa shape index (κ3) is 1.37. The lowest BCUT2D eigenvalue weighted by molar-refractivity contribution is 0.109. The van der Waals surface area contributed by atoms with Crippen molar-refractivity contribution in [2.45, 2.75) is 6.43 Å². The fourth-order valence-electron chi connectivity index (χ4n) is 1.15. The zero-order chi connectivity index (χ0) is 10.1. The van der Waals surface area contributed by atoms with Crippen molar-refractivity contribution in [2.75, 3.05) is 0 Å². The van der Waals surface area contributed by atoms with Gasteiger partial charge in [-0.1, -0.05) is 0 Å². The van der Waals surface area contributed by atoms with Crippen LogP contribution in [0.1, 0.15) is 22.7 Å². The molecule has 0 N–H and O–H groups in total. The minimum atomic E-state index is -2.55. The number of hydrogen-bond acceptors (Lipinski definition) is 3.